The smallest absolute Gasteiger partial charge is 0.0682 e. The highest BCUT2D eigenvalue weighted by Crippen LogP contribution is 2.18. The van der Waals surface area contributed by atoms with Crippen molar-refractivity contribution in [3.63, 3.8) is 0 Å². The molecule has 2 aromatic heterocycles. The van der Waals surface area contributed by atoms with Gasteiger partial charge in [0.15, 0.2) is 0 Å². The van der Waals surface area contributed by atoms with Gasteiger partial charge in [0.2, 0.25) is 0 Å². The van der Waals surface area contributed by atoms with Crippen molar-refractivity contribution in [3.8, 4) is 11.3 Å². The monoisotopic (exact) mass is 202 g/mol. The average molecular weight is 202 g/mol. The van der Waals surface area contributed by atoms with Crippen molar-refractivity contribution in [2.75, 3.05) is 6.54 Å². The molecule has 0 bridgehead atoms. The van der Waals surface area contributed by atoms with Gasteiger partial charge in [-0.05, 0) is 24.7 Å². The molecule has 0 spiro atoms. The van der Waals surface area contributed by atoms with Crippen LogP contribution in [0.15, 0.2) is 30.6 Å². The summed E-state index contributed by atoms with van der Waals surface area (Å²) < 4.78 is 1.88. The maximum atomic E-state index is 5.50. The van der Waals surface area contributed by atoms with Crippen LogP contribution in [0.5, 0.6) is 0 Å². The van der Waals surface area contributed by atoms with Crippen molar-refractivity contribution < 1.29 is 0 Å². The van der Waals surface area contributed by atoms with Gasteiger partial charge in [-0.2, -0.15) is 5.10 Å². The molecule has 2 aromatic rings. The molecule has 4 heteroatoms. The molecule has 4 nitrogen and oxygen atoms in total. The Morgan fingerprint density at radius 1 is 1.33 bits per heavy atom. The summed E-state index contributed by atoms with van der Waals surface area (Å²) in [5, 5.41) is 4.39. The van der Waals surface area contributed by atoms with Gasteiger partial charge in [0.05, 0.1) is 11.4 Å². The first-order valence-corrected chi connectivity index (χ1v) is 4.94. The Hall–Kier alpha value is -1.68. The van der Waals surface area contributed by atoms with Gasteiger partial charge < -0.3 is 5.73 Å². The second-order valence-electron chi connectivity index (χ2n) is 3.42. The molecule has 0 fully saturated rings. The van der Waals surface area contributed by atoms with Crippen LogP contribution in [-0.4, -0.2) is 21.3 Å². The molecule has 2 N–H and O–H groups in total. The van der Waals surface area contributed by atoms with Gasteiger partial charge in [-0.15, -0.1) is 0 Å². The maximum Gasteiger partial charge on any atom is 0.0682 e. The van der Waals surface area contributed by atoms with Crippen molar-refractivity contribution in [2.45, 2.75) is 6.42 Å². The van der Waals surface area contributed by atoms with Crippen molar-refractivity contribution >= 4 is 0 Å². The number of nitrogens with two attached hydrogens (primary N) is 1. The third-order valence-electron chi connectivity index (χ3n) is 2.31. The summed E-state index contributed by atoms with van der Waals surface area (Å²) in [5.41, 5.74) is 8.76. The molecule has 2 heterocycles. The lowest BCUT2D eigenvalue weighted by atomic mass is 10.2. The second-order valence-corrected chi connectivity index (χ2v) is 3.42. The normalized spacial score (nSPS) is 10.5. The number of hydrogen-bond donors (Lipinski definition) is 1. The zero-order chi connectivity index (χ0) is 10.7. The van der Waals surface area contributed by atoms with Gasteiger partial charge in [-0.3, -0.25) is 9.67 Å². The number of aromatic nitrogens is 3. The fraction of sp³-hybridized carbons (Fsp3) is 0.273. The number of aryl methyl sites for hydroxylation is 1. The molecule has 0 aromatic carbocycles. The SMILES string of the molecule is Cn1nc(CCN)cc1-c1ccncc1. The third kappa shape index (κ3) is 2.05. The first kappa shape index (κ1) is 9.86. The maximum absolute atomic E-state index is 5.50. The summed E-state index contributed by atoms with van der Waals surface area (Å²) in [6, 6.07) is 6.02. The van der Waals surface area contributed by atoms with Crippen LogP contribution in [-0.2, 0) is 13.5 Å². The highest BCUT2D eigenvalue weighted by atomic mass is 15.3. The summed E-state index contributed by atoms with van der Waals surface area (Å²) in [6.07, 6.45) is 4.38. The summed E-state index contributed by atoms with van der Waals surface area (Å²) in [7, 11) is 1.94. The van der Waals surface area contributed by atoms with Crippen molar-refractivity contribution in [3.05, 3.63) is 36.3 Å². The van der Waals surface area contributed by atoms with Gasteiger partial charge >= 0.3 is 0 Å². The first-order chi connectivity index (χ1) is 7.31. The van der Waals surface area contributed by atoms with Crippen LogP contribution in [0.25, 0.3) is 11.3 Å². The second kappa shape index (κ2) is 4.23. The van der Waals surface area contributed by atoms with Gasteiger partial charge in [-0.25, -0.2) is 0 Å². The minimum atomic E-state index is 0.632. The molecular weight excluding hydrogens is 188 g/mol. The molecule has 2 rings (SSSR count). The highest BCUT2D eigenvalue weighted by Gasteiger charge is 2.05. The lowest BCUT2D eigenvalue weighted by molar-refractivity contribution is 0.745. The lowest BCUT2D eigenvalue weighted by Crippen LogP contribution is -2.03. The summed E-state index contributed by atoms with van der Waals surface area (Å²) in [4.78, 5) is 3.99. The highest BCUT2D eigenvalue weighted by molar-refractivity contribution is 5.59. The van der Waals surface area contributed by atoms with Crippen LogP contribution in [0.3, 0.4) is 0 Å². The molecule has 0 atom stereocenters. The van der Waals surface area contributed by atoms with E-state index in [4.69, 9.17) is 5.73 Å². The molecule has 78 valence electrons. The first-order valence-electron chi connectivity index (χ1n) is 4.94. The zero-order valence-electron chi connectivity index (χ0n) is 8.72. The Morgan fingerprint density at radius 2 is 2.07 bits per heavy atom. The standard InChI is InChI=1S/C11H14N4/c1-15-11(8-10(14-15)2-5-12)9-3-6-13-7-4-9/h3-4,6-8H,2,5,12H2,1H3. The summed E-state index contributed by atoms with van der Waals surface area (Å²) >= 11 is 0. The van der Waals surface area contributed by atoms with Crippen molar-refractivity contribution in [1.82, 2.24) is 14.8 Å². The van der Waals surface area contributed by atoms with Crippen LogP contribution in [0.1, 0.15) is 5.69 Å². The topological polar surface area (TPSA) is 56.7 Å². The molecule has 15 heavy (non-hydrogen) atoms. The van der Waals surface area contributed by atoms with Crippen LogP contribution in [0, 0.1) is 0 Å². The number of hydrogen-bond acceptors (Lipinski definition) is 3. The fourth-order valence-corrected chi connectivity index (χ4v) is 1.59. The Balaban J connectivity index is 2.36. The predicted molar refractivity (Wildman–Crippen MR) is 59.2 cm³/mol. The molecule has 0 saturated heterocycles. The molecule has 0 radical (unpaired) electrons. The summed E-state index contributed by atoms with van der Waals surface area (Å²) in [6.45, 7) is 0.632. The minimum absolute atomic E-state index is 0.632. The Morgan fingerprint density at radius 3 is 2.73 bits per heavy atom. The fourth-order valence-electron chi connectivity index (χ4n) is 1.59. The Labute approximate surface area is 88.8 Å². The van der Waals surface area contributed by atoms with Crippen LogP contribution in [0.4, 0.5) is 0 Å². The molecule has 0 unspecified atom stereocenters. The van der Waals surface area contributed by atoms with Gasteiger partial charge in [0.25, 0.3) is 0 Å². The molecule has 0 saturated carbocycles. The number of pyridine rings is 1. The van der Waals surface area contributed by atoms with Crippen LogP contribution >= 0.6 is 0 Å². The zero-order valence-corrected chi connectivity index (χ0v) is 8.72. The van der Waals surface area contributed by atoms with Gasteiger partial charge in [0, 0.05) is 31.4 Å². The largest absolute Gasteiger partial charge is 0.330 e. The van der Waals surface area contributed by atoms with Crippen LogP contribution in [0.2, 0.25) is 0 Å². The Kier molecular flexibility index (Phi) is 2.78. The molecular formula is C11H14N4. The van der Waals surface area contributed by atoms with E-state index in [0.29, 0.717) is 6.54 Å². The quantitative estimate of drug-likeness (QED) is 0.807. The lowest BCUT2D eigenvalue weighted by Gasteiger charge is -1.99. The van der Waals surface area contributed by atoms with E-state index in [0.717, 1.165) is 23.4 Å². The van der Waals surface area contributed by atoms with E-state index < -0.39 is 0 Å². The van der Waals surface area contributed by atoms with E-state index >= 15 is 0 Å². The molecule has 0 aliphatic heterocycles. The van der Waals surface area contributed by atoms with E-state index in [9.17, 15) is 0 Å². The molecule has 0 aliphatic carbocycles. The van der Waals surface area contributed by atoms with Crippen molar-refractivity contribution in [1.29, 1.82) is 0 Å². The predicted octanol–water partition coefficient (Wildman–Crippen LogP) is 0.983. The molecule has 0 amide bonds. The van der Waals surface area contributed by atoms with Gasteiger partial charge in [-0.1, -0.05) is 0 Å². The Bertz CT molecular complexity index is 433. The van der Waals surface area contributed by atoms with E-state index in [1.807, 2.05) is 23.9 Å². The summed E-state index contributed by atoms with van der Waals surface area (Å²) in [5.74, 6) is 0. The van der Waals surface area contributed by atoms with E-state index in [-0.39, 0.29) is 0 Å². The van der Waals surface area contributed by atoms with Crippen molar-refractivity contribution in [2.24, 2.45) is 12.8 Å². The van der Waals surface area contributed by atoms with E-state index in [2.05, 4.69) is 16.1 Å². The third-order valence-corrected chi connectivity index (χ3v) is 2.31. The number of nitrogens with zero attached hydrogens (tertiary/aromatic N) is 3. The van der Waals surface area contributed by atoms with Gasteiger partial charge in [0.1, 0.15) is 0 Å². The number of rotatable bonds is 3. The minimum Gasteiger partial charge on any atom is -0.330 e. The average Bonchev–Trinajstić information content (AvgIpc) is 2.61. The van der Waals surface area contributed by atoms with Crippen LogP contribution < -0.4 is 5.73 Å². The molecule has 0 aliphatic rings. The van der Waals surface area contributed by atoms with E-state index in [1.54, 1.807) is 12.4 Å². The van der Waals surface area contributed by atoms with E-state index in [1.165, 1.54) is 0 Å².